The lowest BCUT2D eigenvalue weighted by molar-refractivity contribution is -0.133. The number of carbonyl (C=O) groups excluding carboxylic acids is 2. The van der Waals surface area contributed by atoms with Gasteiger partial charge in [-0.3, -0.25) is 9.59 Å². The van der Waals surface area contributed by atoms with E-state index in [1.54, 1.807) is 0 Å². The van der Waals surface area contributed by atoms with Crippen molar-refractivity contribution in [1.29, 1.82) is 0 Å². The maximum Gasteiger partial charge on any atom is 0.243 e. The van der Waals surface area contributed by atoms with Crippen molar-refractivity contribution in [1.82, 2.24) is 10.3 Å². The molecule has 2 amide bonds. The summed E-state index contributed by atoms with van der Waals surface area (Å²) in [5, 5.41) is 8.84. The largest absolute Gasteiger partial charge is 0.494 e. The lowest BCUT2D eigenvalue weighted by atomic mass is 10.1. The van der Waals surface area contributed by atoms with Gasteiger partial charge in [-0.05, 0) is 37.1 Å². The molecule has 0 radical (unpaired) electrons. The van der Waals surface area contributed by atoms with E-state index in [2.05, 4.69) is 10.4 Å². The summed E-state index contributed by atoms with van der Waals surface area (Å²) >= 11 is 0. The fourth-order valence-corrected chi connectivity index (χ4v) is 3.24. The molecule has 2 aromatic carbocycles. The maximum absolute atomic E-state index is 12.4. The van der Waals surface area contributed by atoms with Crippen LogP contribution in [0, 0.1) is 0 Å². The van der Waals surface area contributed by atoms with Gasteiger partial charge in [0.25, 0.3) is 0 Å². The fourth-order valence-electron chi connectivity index (χ4n) is 3.24. The molecule has 0 aromatic heterocycles. The van der Waals surface area contributed by atoms with E-state index in [0.29, 0.717) is 13.2 Å². The van der Waals surface area contributed by atoms with E-state index in [-0.39, 0.29) is 30.7 Å². The predicted octanol–water partition coefficient (Wildman–Crippen LogP) is 3.68. The summed E-state index contributed by atoms with van der Waals surface area (Å²) in [6.45, 7) is 5.04. The molecule has 6 heteroatoms. The number of hydrazone groups is 1. The normalized spacial score (nSPS) is 14.3. The Bertz CT molecular complexity index is 863. The van der Waals surface area contributed by atoms with Crippen LogP contribution in [0.1, 0.15) is 50.3 Å². The van der Waals surface area contributed by atoms with Crippen molar-refractivity contribution in [3.63, 3.8) is 0 Å². The molecule has 0 bridgehead atoms. The van der Waals surface area contributed by atoms with Crippen LogP contribution in [0.3, 0.4) is 0 Å². The van der Waals surface area contributed by atoms with Gasteiger partial charge < -0.3 is 10.1 Å². The Labute approximate surface area is 171 Å². The smallest absolute Gasteiger partial charge is 0.243 e. The van der Waals surface area contributed by atoms with Gasteiger partial charge in [-0.15, -0.1) is 0 Å². The Morgan fingerprint density at radius 3 is 2.52 bits per heavy atom. The summed E-state index contributed by atoms with van der Waals surface area (Å²) in [6.07, 6.45) is 1.02. The molecular weight excluding hydrogens is 366 g/mol. The van der Waals surface area contributed by atoms with E-state index < -0.39 is 0 Å². The first-order valence-corrected chi connectivity index (χ1v) is 10.0. The van der Waals surface area contributed by atoms with Crippen LogP contribution in [-0.2, 0) is 9.59 Å². The second kappa shape index (κ2) is 9.87. The monoisotopic (exact) mass is 393 g/mol. The molecule has 152 valence electrons. The van der Waals surface area contributed by atoms with Gasteiger partial charge in [0.2, 0.25) is 11.8 Å². The molecule has 2 aromatic rings. The molecule has 0 aliphatic carbocycles. The maximum atomic E-state index is 12.4. The number of amides is 2. The minimum Gasteiger partial charge on any atom is -0.494 e. The summed E-state index contributed by atoms with van der Waals surface area (Å²) in [6, 6.07) is 17.4. The highest BCUT2D eigenvalue weighted by Gasteiger charge is 2.22. The van der Waals surface area contributed by atoms with Crippen molar-refractivity contribution in [3.8, 4) is 5.75 Å². The van der Waals surface area contributed by atoms with E-state index >= 15 is 0 Å². The third-order valence-electron chi connectivity index (χ3n) is 4.83. The zero-order valence-corrected chi connectivity index (χ0v) is 16.9. The fraction of sp³-hybridized carbons (Fsp3) is 0.348. The molecule has 0 saturated carbocycles. The van der Waals surface area contributed by atoms with Crippen LogP contribution < -0.4 is 10.1 Å². The summed E-state index contributed by atoms with van der Waals surface area (Å²) in [7, 11) is 0. The number of ether oxygens (including phenoxy) is 1. The molecule has 1 aliphatic rings. The van der Waals surface area contributed by atoms with Crippen LogP contribution in [-0.4, -0.2) is 35.7 Å². The van der Waals surface area contributed by atoms with Crippen LogP contribution in [0.5, 0.6) is 5.75 Å². The molecule has 1 unspecified atom stereocenters. The summed E-state index contributed by atoms with van der Waals surface area (Å²) in [5.41, 5.74) is 2.93. The van der Waals surface area contributed by atoms with Crippen molar-refractivity contribution in [2.75, 3.05) is 13.2 Å². The standard InChI is InChI=1S/C23H27N3O3/c1-3-29-20-11-9-18(10-12-20)17(2)24-22(27)13-14-23(28)26-16-15-21(25-26)19-7-5-4-6-8-19/h4-12,17H,3,13-16H2,1-2H3,(H,24,27). The molecule has 0 fully saturated rings. The van der Waals surface area contributed by atoms with Crippen molar-refractivity contribution in [2.45, 2.75) is 39.2 Å². The predicted molar refractivity (Wildman–Crippen MR) is 113 cm³/mol. The Morgan fingerprint density at radius 1 is 1.10 bits per heavy atom. The van der Waals surface area contributed by atoms with Gasteiger partial charge in [-0.2, -0.15) is 5.10 Å². The van der Waals surface area contributed by atoms with Gasteiger partial charge in [0, 0.05) is 19.3 Å². The highest BCUT2D eigenvalue weighted by molar-refractivity contribution is 6.02. The third-order valence-corrected chi connectivity index (χ3v) is 4.83. The van der Waals surface area contributed by atoms with Gasteiger partial charge in [0.1, 0.15) is 5.75 Å². The van der Waals surface area contributed by atoms with Crippen molar-refractivity contribution >= 4 is 17.5 Å². The first kappa shape index (κ1) is 20.6. The molecule has 0 spiro atoms. The van der Waals surface area contributed by atoms with Gasteiger partial charge in [0.15, 0.2) is 0 Å². The quantitative estimate of drug-likeness (QED) is 0.744. The van der Waals surface area contributed by atoms with E-state index in [1.165, 1.54) is 5.01 Å². The van der Waals surface area contributed by atoms with E-state index in [1.807, 2.05) is 68.4 Å². The molecule has 1 heterocycles. The first-order chi connectivity index (χ1) is 14.1. The highest BCUT2D eigenvalue weighted by atomic mass is 16.5. The number of hydrogen-bond acceptors (Lipinski definition) is 4. The van der Waals surface area contributed by atoms with Crippen molar-refractivity contribution in [3.05, 3.63) is 65.7 Å². The average molecular weight is 393 g/mol. The first-order valence-electron chi connectivity index (χ1n) is 10.0. The van der Waals surface area contributed by atoms with Crippen LogP contribution in [0.15, 0.2) is 59.7 Å². The topological polar surface area (TPSA) is 71.0 Å². The van der Waals surface area contributed by atoms with E-state index in [9.17, 15) is 9.59 Å². The number of nitrogens with one attached hydrogen (secondary N) is 1. The van der Waals surface area contributed by atoms with Crippen molar-refractivity contribution < 1.29 is 14.3 Å². The SMILES string of the molecule is CCOc1ccc(C(C)NC(=O)CCC(=O)N2CCC(c3ccccc3)=N2)cc1. The Kier molecular flexibility index (Phi) is 7.00. The number of benzene rings is 2. The minimum atomic E-state index is -0.147. The zero-order valence-electron chi connectivity index (χ0n) is 16.9. The van der Waals surface area contributed by atoms with Crippen molar-refractivity contribution in [2.24, 2.45) is 5.10 Å². The summed E-state index contributed by atoms with van der Waals surface area (Å²) in [5.74, 6) is 0.535. The average Bonchev–Trinajstić information content (AvgIpc) is 3.24. The number of rotatable bonds is 8. The molecule has 1 aliphatic heterocycles. The Morgan fingerprint density at radius 2 is 1.83 bits per heavy atom. The number of hydrogen-bond donors (Lipinski definition) is 1. The highest BCUT2D eigenvalue weighted by Crippen LogP contribution is 2.18. The summed E-state index contributed by atoms with van der Waals surface area (Å²) in [4.78, 5) is 24.7. The van der Waals surface area contributed by atoms with Crippen LogP contribution in [0.2, 0.25) is 0 Å². The number of nitrogens with zero attached hydrogens (tertiary/aromatic N) is 2. The van der Waals surface area contributed by atoms with E-state index in [4.69, 9.17) is 4.74 Å². The number of carbonyl (C=O) groups is 2. The second-order valence-electron chi connectivity index (χ2n) is 6.97. The van der Waals surface area contributed by atoms with Crippen LogP contribution in [0.25, 0.3) is 0 Å². The summed E-state index contributed by atoms with van der Waals surface area (Å²) < 4.78 is 5.43. The van der Waals surface area contributed by atoms with Gasteiger partial charge >= 0.3 is 0 Å². The molecule has 1 N–H and O–H groups in total. The van der Waals surface area contributed by atoms with Gasteiger partial charge in [0.05, 0.1) is 24.9 Å². The molecule has 29 heavy (non-hydrogen) atoms. The lowest BCUT2D eigenvalue weighted by Crippen LogP contribution is -2.29. The van der Waals surface area contributed by atoms with Crippen LogP contribution >= 0.6 is 0 Å². The molecule has 6 nitrogen and oxygen atoms in total. The molecule has 1 atom stereocenters. The van der Waals surface area contributed by atoms with Gasteiger partial charge in [-0.25, -0.2) is 5.01 Å². The molecule has 0 saturated heterocycles. The Hall–Kier alpha value is -3.15. The van der Waals surface area contributed by atoms with Crippen LogP contribution in [0.4, 0.5) is 0 Å². The van der Waals surface area contributed by atoms with Gasteiger partial charge in [-0.1, -0.05) is 42.5 Å². The second-order valence-corrected chi connectivity index (χ2v) is 6.97. The molecule has 3 rings (SSSR count). The van der Waals surface area contributed by atoms with E-state index in [0.717, 1.165) is 29.0 Å². The minimum absolute atomic E-state index is 0.125. The Balaban J connectivity index is 1.46. The molecular formula is C23H27N3O3. The lowest BCUT2D eigenvalue weighted by Gasteiger charge is -2.16. The zero-order chi connectivity index (χ0) is 20.6. The third kappa shape index (κ3) is 5.67.